The number of nitrogens with one attached hydrogen (secondary N) is 2. The summed E-state index contributed by atoms with van der Waals surface area (Å²) in [6.45, 7) is 1.02. The Kier molecular flexibility index (Phi) is 12.8. The van der Waals surface area contributed by atoms with Crippen LogP contribution in [0.3, 0.4) is 0 Å². The normalized spacial score (nSPS) is 19.7. The van der Waals surface area contributed by atoms with Crippen LogP contribution in [0.15, 0.2) is 42.5 Å². The first-order valence-corrected chi connectivity index (χ1v) is 18.2. The van der Waals surface area contributed by atoms with Gasteiger partial charge in [-0.1, -0.05) is 25.0 Å². The molecule has 15 heteroatoms. The van der Waals surface area contributed by atoms with Crippen molar-refractivity contribution in [3.63, 3.8) is 0 Å². The fourth-order valence-electron chi connectivity index (χ4n) is 5.85. The first-order chi connectivity index (χ1) is 23.3. The molecule has 2 aromatic rings. The number of anilines is 1. The lowest BCUT2D eigenvalue weighted by atomic mass is 9.76. The first kappa shape index (κ1) is 37.4. The molecule has 1 heterocycles. The van der Waals surface area contributed by atoms with Gasteiger partial charge in [0.1, 0.15) is 12.4 Å². The van der Waals surface area contributed by atoms with Crippen LogP contribution in [0.4, 0.5) is 10.1 Å². The van der Waals surface area contributed by atoms with E-state index >= 15 is 0 Å². The topological polar surface area (TPSA) is 161 Å². The van der Waals surface area contributed by atoms with E-state index in [0.29, 0.717) is 23.8 Å². The van der Waals surface area contributed by atoms with E-state index in [-0.39, 0.29) is 70.2 Å². The quantitative estimate of drug-likeness (QED) is 0.374. The van der Waals surface area contributed by atoms with Crippen molar-refractivity contribution in [3.8, 4) is 11.5 Å². The number of hydrogen-bond acceptors (Lipinski definition) is 9. The van der Waals surface area contributed by atoms with E-state index in [1.54, 1.807) is 19.1 Å². The Morgan fingerprint density at radius 2 is 1.88 bits per heavy atom. The highest BCUT2D eigenvalue weighted by Gasteiger charge is 2.45. The van der Waals surface area contributed by atoms with E-state index in [2.05, 4.69) is 10.6 Å². The highest BCUT2D eigenvalue weighted by Crippen LogP contribution is 2.43. The van der Waals surface area contributed by atoms with E-state index < -0.39 is 45.6 Å². The molecule has 2 bridgehead atoms. The number of carbonyl (C=O) groups is 4. The van der Waals surface area contributed by atoms with Crippen LogP contribution in [0.25, 0.3) is 0 Å². The zero-order valence-corrected chi connectivity index (χ0v) is 29.0. The Hall–Kier alpha value is -4.40. The molecule has 3 amide bonds. The Bertz CT molecular complexity index is 1620. The number of halogens is 1. The summed E-state index contributed by atoms with van der Waals surface area (Å²) in [6, 6.07) is 10.1. The lowest BCUT2D eigenvalue weighted by molar-refractivity contribution is -0.156. The molecule has 1 atom stereocenters. The number of carbonyl (C=O) groups excluding carboxylic acids is 4. The molecule has 0 aromatic heterocycles. The summed E-state index contributed by atoms with van der Waals surface area (Å²) in [6.07, 6.45) is 3.85. The van der Waals surface area contributed by atoms with Crippen molar-refractivity contribution in [2.45, 2.75) is 45.4 Å². The van der Waals surface area contributed by atoms with Crippen LogP contribution in [-0.4, -0.2) is 96.3 Å². The molecule has 49 heavy (non-hydrogen) atoms. The van der Waals surface area contributed by atoms with Crippen LogP contribution in [0.5, 0.6) is 11.5 Å². The van der Waals surface area contributed by atoms with Gasteiger partial charge in [0, 0.05) is 32.6 Å². The molecular weight excluding hydrogens is 659 g/mol. The Morgan fingerprint density at radius 1 is 1.10 bits per heavy atom. The SMILES string of the molecule is CCOC(=O)C1(CC2CC2)CNC(=O)CCCN(C(=O)CN(c2cccc(F)c2)S(C)(=O)=O)CCNC(=O)COc2cc(ccc2OC)C1. The number of sulfonamides is 1. The van der Waals surface area contributed by atoms with Gasteiger partial charge < -0.3 is 29.7 Å². The predicted molar refractivity (Wildman–Crippen MR) is 179 cm³/mol. The molecule has 0 spiro atoms. The summed E-state index contributed by atoms with van der Waals surface area (Å²) in [5.41, 5.74) is -0.330. The fourth-order valence-corrected chi connectivity index (χ4v) is 6.70. The molecule has 1 saturated carbocycles. The molecule has 268 valence electrons. The van der Waals surface area contributed by atoms with E-state index in [4.69, 9.17) is 14.2 Å². The van der Waals surface area contributed by atoms with Crippen molar-refractivity contribution in [3.05, 3.63) is 53.8 Å². The summed E-state index contributed by atoms with van der Waals surface area (Å²) in [7, 11) is -2.51. The number of amides is 3. The van der Waals surface area contributed by atoms with Crippen molar-refractivity contribution >= 4 is 39.4 Å². The maximum atomic E-state index is 14.0. The Labute approximate surface area is 286 Å². The summed E-state index contributed by atoms with van der Waals surface area (Å²) >= 11 is 0. The molecule has 2 N–H and O–H groups in total. The monoisotopic (exact) mass is 704 g/mol. The van der Waals surface area contributed by atoms with E-state index in [9.17, 15) is 32.0 Å². The fraction of sp³-hybridized carbons (Fsp3) is 0.529. The number of fused-ring (bicyclic) bond motifs is 2. The highest BCUT2D eigenvalue weighted by molar-refractivity contribution is 7.92. The molecule has 0 saturated heterocycles. The lowest BCUT2D eigenvalue weighted by Crippen LogP contribution is -2.47. The van der Waals surface area contributed by atoms with Crippen molar-refractivity contribution in [1.29, 1.82) is 0 Å². The molecule has 1 fully saturated rings. The second-order valence-electron chi connectivity index (χ2n) is 12.5. The molecule has 13 nitrogen and oxygen atoms in total. The zero-order valence-electron chi connectivity index (χ0n) is 28.2. The van der Waals surface area contributed by atoms with Gasteiger partial charge in [-0.3, -0.25) is 23.5 Å². The van der Waals surface area contributed by atoms with Crippen LogP contribution >= 0.6 is 0 Å². The third kappa shape index (κ3) is 10.8. The van der Waals surface area contributed by atoms with Gasteiger partial charge >= 0.3 is 5.97 Å². The van der Waals surface area contributed by atoms with Crippen molar-refractivity contribution in [2.24, 2.45) is 11.3 Å². The maximum absolute atomic E-state index is 14.0. The molecule has 2 aromatic carbocycles. The van der Waals surface area contributed by atoms with Crippen molar-refractivity contribution in [1.82, 2.24) is 15.5 Å². The standard InChI is InChI=1S/C34H45FN4O9S/c1-4-47-33(43)34(19-24-10-11-24)20-25-12-13-28(46-2)29(17-25)48-22-31(41)36-14-16-38(15-6-9-30(40)37-23-34)32(42)21-39(49(3,44)45)27-8-5-7-26(35)18-27/h5,7-8,12-13,17-18,24H,4,6,9-11,14-16,19-23H2,1-3H3,(H,36,41)(H,37,40). The summed E-state index contributed by atoms with van der Waals surface area (Å²) in [5.74, 6) is -1.51. The van der Waals surface area contributed by atoms with Gasteiger partial charge in [-0.05, 0) is 68.0 Å². The molecule has 4 rings (SSSR count). The summed E-state index contributed by atoms with van der Waals surface area (Å²) in [4.78, 5) is 54.4. The number of esters is 1. The van der Waals surface area contributed by atoms with E-state index in [1.807, 2.05) is 6.07 Å². The zero-order chi connectivity index (χ0) is 35.6. The van der Waals surface area contributed by atoms with Gasteiger partial charge in [0.25, 0.3) is 5.91 Å². The van der Waals surface area contributed by atoms with Gasteiger partial charge in [-0.2, -0.15) is 0 Å². The number of nitrogens with zero attached hydrogens (tertiary/aromatic N) is 2. The maximum Gasteiger partial charge on any atom is 0.314 e. The molecule has 0 radical (unpaired) electrons. The number of methoxy groups -OCH3 is 1. The van der Waals surface area contributed by atoms with Crippen LogP contribution in [-0.2, 0) is 40.4 Å². The average Bonchev–Trinajstić information content (AvgIpc) is 3.87. The summed E-state index contributed by atoms with van der Waals surface area (Å²) < 4.78 is 56.8. The lowest BCUT2D eigenvalue weighted by Gasteiger charge is -2.32. The molecular formula is C34H45FN4O9S. The van der Waals surface area contributed by atoms with Crippen LogP contribution in [0.2, 0.25) is 0 Å². The average molecular weight is 705 g/mol. The van der Waals surface area contributed by atoms with Gasteiger partial charge in [-0.15, -0.1) is 0 Å². The second kappa shape index (κ2) is 16.8. The Balaban J connectivity index is 1.59. The Morgan fingerprint density at radius 3 is 2.55 bits per heavy atom. The number of benzene rings is 2. The minimum atomic E-state index is -3.98. The highest BCUT2D eigenvalue weighted by atomic mass is 32.2. The third-order valence-corrected chi connectivity index (χ3v) is 9.64. The van der Waals surface area contributed by atoms with Crippen molar-refractivity contribution < 1.29 is 46.2 Å². The molecule has 1 aliphatic carbocycles. The van der Waals surface area contributed by atoms with Gasteiger partial charge in [0.05, 0.1) is 31.1 Å². The predicted octanol–water partition coefficient (Wildman–Crippen LogP) is 2.43. The van der Waals surface area contributed by atoms with Crippen LogP contribution in [0.1, 0.15) is 44.6 Å². The van der Waals surface area contributed by atoms with Crippen LogP contribution in [0, 0.1) is 17.2 Å². The minimum absolute atomic E-state index is 0.000884. The van der Waals surface area contributed by atoms with E-state index in [1.165, 1.54) is 24.1 Å². The van der Waals surface area contributed by atoms with E-state index in [0.717, 1.165) is 41.1 Å². The molecule has 1 aliphatic heterocycles. The number of rotatable bonds is 9. The van der Waals surface area contributed by atoms with Gasteiger partial charge in [-0.25, -0.2) is 12.8 Å². The number of hydrogen-bond donors (Lipinski definition) is 2. The number of ether oxygens (including phenoxy) is 3. The second-order valence-corrected chi connectivity index (χ2v) is 14.4. The summed E-state index contributed by atoms with van der Waals surface area (Å²) in [5, 5.41) is 5.63. The molecule has 2 aliphatic rings. The minimum Gasteiger partial charge on any atom is -0.493 e. The van der Waals surface area contributed by atoms with Gasteiger partial charge in [0.15, 0.2) is 18.1 Å². The van der Waals surface area contributed by atoms with Gasteiger partial charge in [0.2, 0.25) is 21.8 Å². The first-order valence-electron chi connectivity index (χ1n) is 16.3. The van der Waals surface area contributed by atoms with Crippen molar-refractivity contribution in [2.75, 3.05) is 63.6 Å². The largest absolute Gasteiger partial charge is 0.493 e. The smallest absolute Gasteiger partial charge is 0.314 e. The third-order valence-electron chi connectivity index (χ3n) is 8.50. The molecule has 1 unspecified atom stereocenters. The van der Waals surface area contributed by atoms with Crippen LogP contribution < -0.4 is 24.4 Å².